The van der Waals surface area contributed by atoms with Gasteiger partial charge in [0, 0.05) is 13.8 Å². The molecule has 72 valence electrons. The lowest BCUT2D eigenvalue weighted by atomic mass is 10.1. The molecule has 0 spiro atoms. The molecule has 0 aliphatic carbocycles. The lowest BCUT2D eigenvalue weighted by molar-refractivity contribution is 0.400. The molecule has 13 heavy (non-hydrogen) atoms. The zero-order valence-electron chi connectivity index (χ0n) is 8.50. The summed E-state index contributed by atoms with van der Waals surface area (Å²) in [6, 6.07) is 6.07. The second-order valence-corrected chi connectivity index (χ2v) is 4.39. The summed E-state index contributed by atoms with van der Waals surface area (Å²) in [5, 5.41) is 0. The van der Waals surface area contributed by atoms with Gasteiger partial charge in [-0.15, -0.1) is 0 Å². The van der Waals surface area contributed by atoms with Gasteiger partial charge in [0.05, 0.1) is 0 Å². The highest BCUT2D eigenvalue weighted by Gasteiger charge is 2.03. The van der Waals surface area contributed by atoms with E-state index in [1.807, 2.05) is 18.8 Å². The zero-order chi connectivity index (χ0) is 9.84. The van der Waals surface area contributed by atoms with E-state index in [4.69, 9.17) is 9.05 Å². The van der Waals surface area contributed by atoms with Crippen LogP contribution in [0.1, 0.15) is 11.1 Å². The maximum atomic E-state index is 5.54. The zero-order valence-corrected chi connectivity index (χ0v) is 9.39. The number of rotatable bonds is 3. The standard InChI is InChI=1S/C10H15O2P/c1-8-5-6-10(7-9(8)2)12-13(4)11-3/h5-7H,1-4H3. The van der Waals surface area contributed by atoms with Gasteiger partial charge >= 0.3 is 0 Å². The van der Waals surface area contributed by atoms with Crippen molar-refractivity contribution in [2.24, 2.45) is 0 Å². The van der Waals surface area contributed by atoms with Crippen LogP contribution in [-0.4, -0.2) is 13.8 Å². The van der Waals surface area contributed by atoms with Gasteiger partial charge in [0.2, 0.25) is 8.38 Å². The Hall–Kier alpha value is -0.590. The van der Waals surface area contributed by atoms with Gasteiger partial charge in [-0.3, -0.25) is 0 Å². The lowest BCUT2D eigenvalue weighted by Gasteiger charge is -2.12. The summed E-state index contributed by atoms with van der Waals surface area (Å²) >= 11 is 0. The van der Waals surface area contributed by atoms with E-state index in [-0.39, 0.29) is 0 Å². The maximum Gasteiger partial charge on any atom is 0.226 e. The molecule has 1 aromatic carbocycles. The number of benzene rings is 1. The molecule has 0 amide bonds. The monoisotopic (exact) mass is 198 g/mol. The van der Waals surface area contributed by atoms with E-state index in [0.717, 1.165) is 5.75 Å². The molecule has 1 unspecified atom stereocenters. The summed E-state index contributed by atoms with van der Waals surface area (Å²) in [4.78, 5) is 0. The molecule has 0 saturated heterocycles. The third-order valence-corrected chi connectivity index (χ3v) is 2.95. The fourth-order valence-electron chi connectivity index (χ4n) is 0.956. The summed E-state index contributed by atoms with van der Waals surface area (Å²) in [7, 11) is 0.883. The average Bonchev–Trinajstić information content (AvgIpc) is 2.11. The molecular formula is C10H15O2P. The highest BCUT2D eigenvalue weighted by atomic mass is 31.2. The first-order valence-electron chi connectivity index (χ1n) is 4.16. The van der Waals surface area contributed by atoms with Gasteiger partial charge in [-0.25, -0.2) is 0 Å². The summed E-state index contributed by atoms with van der Waals surface area (Å²) in [6.07, 6.45) is 0. The van der Waals surface area contributed by atoms with Crippen molar-refractivity contribution in [3.05, 3.63) is 29.3 Å². The molecule has 1 atom stereocenters. The van der Waals surface area contributed by atoms with Crippen LogP contribution in [0.15, 0.2) is 18.2 Å². The van der Waals surface area contributed by atoms with E-state index >= 15 is 0 Å². The normalized spacial score (nSPS) is 12.6. The fourth-order valence-corrected chi connectivity index (χ4v) is 1.44. The Morgan fingerprint density at radius 2 is 1.85 bits per heavy atom. The number of hydrogen-bond donors (Lipinski definition) is 0. The Balaban J connectivity index is 2.73. The van der Waals surface area contributed by atoms with Gasteiger partial charge in [0.1, 0.15) is 5.75 Å². The lowest BCUT2D eigenvalue weighted by Crippen LogP contribution is -1.89. The van der Waals surface area contributed by atoms with Crippen LogP contribution in [-0.2, 0) is 4.52 Å². The van der Waals surface area contributed by atoms with Crippen LogP contribution in [0.3, 0.4) is 0 Å². The van der Waals surface area contributed by atoms with Crippen molar-refractivity contribution in [2.45, 2.75) is 13.8 Å². The Bertz CT molecular complexity index is 286. The van der Waals surface area contributed by atoms with Crippen LogP contribution >= 0.6 is 8.38 Å². The quantitative estimate of drug-likeness (QED) is 0.694. The number of aryl methyl sites for hydroxylation is 2. The minimum absolute atomic E-state index is 0.777. The van der Waals surface area contributed by atoms with E-state index in [1.54, 1.807) is 7.11 Å². The summed E-state index contributed by atoms with van der Waals surface area (Å²) < 4.78 is 10.6. The first kappa shape index (κ1) is 10.5. The maximum absolute atomic E-state index is 5.54. The fraction of sp³-hybridized carbons (Fsp3) is 0.400. The van der Waals surface area contributed by atoms with Gasteiger partial charge in [-0.05, 0) is 37.1 Å². The molecule has 2 nitrogen and oxygen atoms in total. The van der Waals surface area contributed by atoms with Gasteiger partial charge in [-0.2, -0.15) is 0 Å². The van der Waals surface area contributed by atoms with Gasteiger partial charge in [-0.1, -0.05) is 6.07 Å². The topological polar surface area (TPSA) is 18.5 Å². The number of hydrogen-bond acceptors (Lipinski definition) is 2. The van der Waals surface area contributed by atoms with Crippen molar-refractivity contribution in [1.82, 2.24) is 0 Å². The molecule has 0 fully saturated rings. The third-order valence-electron chi connectivity index (χ3n) is 1.97. The molecule has 0 aliphatic heterocycles. The van der Waals surface area contributed by atoms with Crippen molar-refractivity contribution in [3.63, 3.8) is 0 Å². The van der Waals surface area contributed by atoms with E-state index in [9.17, 15) is 0 Å². The molecule has 0 aliphatic rings. The summed E-state index contributed by atoms with van der Waals surface area (Å²) in [5.41, 5.74) is 2.53. The molecular weight excluding hydrogens is 183 g/mol. The molecule has 3 heteroatoms. The Kier molecular flexibility index (Phi) is 3.71. The van der Waals surface area contributed by atoms with E-state index in [2.05, 4.69) is 19.9 Å². The third kappa shape index (κ3) is 2.98. The molecule has 0 N–H and O–H groups in total. The van der Waals surface area contributed by atoms with Gasteiger partial charge in [0.15, 0.2) is 0 Å². The van der Waals surface area contributed by atoms with Crippen molar-refractivity contribution < 1.29 is 9.05 Å². The summed E-state index contributed by atoms with van der Waals surface area (Å²) in [5.74, 6) is 0.888. The highest BCUT2D eigenvalue weighted by molar-refractivity contribution is 7.46. The highest BCUT2D eigenvalue weighted by Crippen LogP contribution is 2.34. The van der Waals surface area contributed by atoms with Crippen molar-refractivity contribution in [1.29, 1.82) is 0 Å². The molecule has 0 radical (unpaired) electrons. The first-order valence-corrected chi connectivity index (χ1v) is 5.79. The predicted octanol–water partition coefficient (Wildman–Crippen LogP) is 3.27. The second-order valence-electron chi connectivity index (χ2n) is 2.96. The largest absolute Gasteiger partial charge is 0.448 e. The van der Waals surface area contributed by atoms with Crippen LogP contribution in [0, 0.1) is 13.8 Å². The van der Waals surface area contributed by atoms with E-state index < -0.39 is 8.38 Å². The average molecular weight is 198 g/mol. The van der Waals surface area contributed by atoms with Crippen molar-refractivity contribution in [2.75, 3.05) is 13.8 Å². The van der Waals surface area contributed by atoms with Crippen LogP contribution in [0.5, 0.6) is 5.75 Å². The minimum Gasteiger partial charge on any atom is -0.448 e. The Morgan fingerprint density at radius 1 is 1.15 bits per heavy atom. The molecule has 1 aromatic rings. The van der Waals surface area contributed by atoms with Crippen LogP contribution < -0.4 is 4.52 Å². The Labute approximate surface area is 80.8 Å². The van der Waals surface area contributed by atoms with Crippen molar-refractivity contribution >= 4 is 8.38 Å². The minimum atomic E-state index is -0.777. The van der Waals surface area contributed by atoms with Crippen LogP contribution in [0.4, 0.5) is 0 Å². The smallest absolute Gasteiger partial charge is 0.226 e. The second kappa shape index (κ2) is 4.59. The SMILES string of the molecule is COP(C)Oc1ccc(C)c(C)c1. The molecule has 1 rings (SSSR count). The van der Waals surface area contributed by atoms with Crippen molar-refractivity contribution in [3.8, 4) is 5.75 Å². The Morgan fingerprint density at radius 3 is 2.38 bits per heavy atom. The van der Waals surface area contributed by atoms with E-state index in [1.165, 1.54) is 11.1 Å². The first-order chi connectivity index (χ1) is 6.13. The molecule has 0 heterocycles. The summed E-state index contributed by atoms with van der Waals surface area (Å²) in [6.45, 7) is 6.10. The molecule has 0 saturated carbocycles. The van der Waals surface area contributed by atoms with E-state index in [0.29, 0.717) is 0 Å². The predicted molar refractivity (Wildman–Crippen MR) is 56.4 cm³/mol. The van der Waals surface area contributed by atoms with Gasteiger partial charge < -0.3 is 9.05 Å². The molecule has 0 bridgehead atoms. The van der Waals surface area contributed by atoms with Gasteiger partial charge in [0.25, 0.3) is 0 Å². The molecule has 0 aromatic heterocycles. The van der Waals surface area contributed by atoms with Crippen LogP contribution in [0.25, 0.3) is 0 Å². The van der Waals surface area contributed by atoms with Crippen LogP contribution in [0.2, 0.25) is 0 Å².